The Balaban J connectivity index is 4.56. The molecule has 0 radical (unpaired) electrons. The Hall–Kier alpha value is 0.530. The highest BCUT2D eigenvalue weighted by atomic mass is 35.5. The van der Waals surface area contributed by atoms with Crippen LogP contribution in [0.5, 0.6) is 0 Å². The minimum atomic E-state index is -2.93. The first-order chi connectivity index (χ1) is 7.31. The summed E-state index contributed by atoms with van der Waals surface area (Å²) in [6, 6.07) is 0. The second-order valence-electron chi connectivity index (χ2n) is 4.85. The molecule has 0 aliphatic carbocycles. The molecule has 16 heavy (non-hydrogen) atoms. The van der Waals surface area contributed by atoms with Crippen LogP contribution in [-0.2, 0) is 9.84 Å². The lowest BCUT2D eigenvalue weighted by molar-refractivity contribution is 0.288. The average Bonchev–Trinajstić information content (AvgIpc) is 2.24. The summed E-state index contributed by atoms with van der Waals surface area (Å²) in [5, 5.41) is 0. The van der Waals surface area contributed by atoms with Crippen molar-refractivity contribution in [2.75, 3.05) is 23.3 Å². The van der Waals surface area contributed by atoms with E-state index >= 15 is 0 Å². The first-order valence-electron chi connectivity index (χ1n) is 5.63. The molecule has 0 aromatic heterocycles. The van der Waals surface area contributed by atoms with Gasteiger partial charge in [0.15, 0.2) is 0 Å². The maximum Gasteiger partial charge on any atom is 0.150 e. The quantitative estimate of drug-likeness (QED) is 0.642. The largest absolute Gasteiger partial charge is 0.229 e. The smallest absolute Gasteiger partial charge is 0.150 e. The van der Waals surface area contributed by atoms with E-state index in [2.05, 4.69) is 13.8 Å². The first-order valence-corrected chi connectivity index (χ1v) is 8.52. The number of alkyl halides is 2. The van der Waals surface area contributed by atoms with Crippen molar-refractivity contribution in [3.63, 3.8) is 0 Å². The van der Waals surface area contributed by atoms with Crippen LogP contribution in [0.15, 0.2) is 0 Å². The number of rotatable bonds is 8. The molecule has 0 aliphatic rings. The first kappa shape index (κ1) is 16.5. The number of hydrogen-bond donors (Lipinski definition) is 0. The Morgan fingerprint density at radius 2 is 1.69 bits per heavy atom. The summed E-state index contributed by atoms with van der Waals surface area (Å²) in [6.07, 6.45) is 1.44. The van der Waals surface area contributed by atoms with E-state index in [1.165, 1.54) is 0 Å². The zero-order chi connectivity index (χ0) is 12.8. The van der Waals surface area contributed by atoms with Crippen LogP contribution in [0.25, 0.3) is 0 Å². The van der Waals surface area contributed by atoms with Crippen molar-refractivity contribution in [3.8, 4) is 0 Å². The van der Waals surface area contributed by atoms with E-state index in [0.29, 0.717) is 24.1 Å². The van der Waals surface area contributed by atoms with Gasteiger partial charge in [0.05, 0.1) is 5.75 Å². The fourth-order valence-corrected chi connectivity index (χ4v) is 3.57. The van der Waals surface area contributed by atoms with Crippen LogP contribution >= 0.6 is 23.2 Å². The third kappa shape index (κ3) is 5.74. The van der Waals surface area contributed by atoms with Crippen molar-refractivity contribution in [3.05, 3.63) is 0 Å². The van der Waals surface area contributed by atoms with Crippen LogP contribution in [0.4, 0.5) is 0 Å². The SMILES string of the molecule is CCS(=O)(=O)CCC(CCl)(CCl)CC(C)C. The Kier molecular flexibility index (Phi) is 7.31. The van der Waals surface area contributed by atoms with Crippen molar-refractivity contribution >= 4 is 33.0 Å². The molecule has 0 aromatic rings. The molecule has 0 rings (SSSR count). The third-order valence-electron chi connectivity index (χ3n) is 2.79. The number of hydrogen-bond acceptors (Lipinski definition) is 2. The van der Waals surface area contributed by atoms with E-state index in [1.54, 1.807) is 6.92 Å². The number of halogens is 2. The van der Waals surface area contributed by atoms with Crippen molar-refractivity contribution in [1.29, 1.82) is 0 Å². The minimum Gasteiger partial charge on any atom is -0.229 e. The van der Waals surface area contributed by atoms with E-state index in [4.69, 9.17) is 23.2 Å². The molecule has 0 bridgehead atoms. The summed E-state index contributed by atoms with van der Waals surface area (Å²) in [4.78, 5) is 0. The van der Waals surface area contributed by atoms with E-state index < -0.39 is 9.84 Å². The Morgan fingerprint density at radius 3 is 2.00 bits per heavy atom. The van der Waals surface area contributed by atoms with Crippen LogP contribution in [0.1, 0.15) is 33.6 Å². The predicted molar refractivity (Wildman–Crippen MR) is 72.3 cm³/mol. The molecule has 0 atom stereocenters. The van der Waals surface area contributed by atoms with E-state index in [0.717, 1.165) is 6.42 Å². The van der Waals surface area contributed by atoms with Crippen LogP contribution < -0.4 is 0 Å². The predicted octanol–water partition coefficient (Wildman–Crippen LogP) is 3.32. The van der Waals surface area contributed by atoms with Gasteiger partial charge in [0.25, 0.3) is 0 Å². The van der Waals surface area contributed by atoms with E-state index in [9.17, 15) is 8.42 Å². The molecule has 0 amide bonds. The minimum absolute atomic E-state index is 0.190. The van der Waals surface area contributed by atoms with Crippen molar-refractivity contribution in [2.24, 2.45) is 11.3 Å². The maximum absolute atomic E-state index is 11.5. The molecule has 0 aliphatic heterocycles. The van der Waals surface area contributed by atoms with Crippen LogP contribution in [0.3, 0.4) is 0 Å². The molecular formula is C11H22Cl2O2S. The van der Waals surface area contributed by atoms with Gasteiger partial charge >= 0.3 is 0 Å². The lowest BCUT2D eigenvalue weighted by atomic mass is 9.81. The van der Waals surface area contributed by atoms with E-state index in [1.807, 2.05) is 0 Å². The normalized spacial score (nSPS) is 13.4. The monoisotopic (exact) mass is 288 g/mol. The summed E-state index contributed by atoms with van der Waals surface area (Å²) in [6.45, 7) is 5.87. The molecule has 0 aromatic carbocycles. The average molecular weight is 289 g/mol. The molecular weight excluding hydrogens is 267 g/mol. The topological polar surface area (TPSA) is 34.1 Å². The van der Waals surface area contributed by atoms with Gasteiger partial charge in [0.2, 0.25) is 0 Å². The molecule has 0 saturated heterocycles. The van der Waals surface area contributed by atoms with Gasteiger partial charge < -0.3 is 0 Å². The van der Waals surface area contributed by atoms with Crippen LogP contribution in [0, 0.1) is 11.3 Å². The van der Waals surface area contributed by atoms with Crippen molar-refractivity contribution in [2.45, 2.75) is 33.6 Å². The highest BCUT2D eigenvalue weighted by Gasteiger charge is 2.30. The van der Waals surface area contributed by atoms with Crippen LogP contribution in [-0.4, -0.2) is 31.7 Å². The molecule has 98 valence electrons. The van der Waals surface area contributed by atoms with Gasteiger partial charge in [-0.15, -0.1) is 23.2 Å². The Morgan fingerprint density at radius 1 is 1.19 bits per heavy atom. The highest BCUT2D eigenvalue weighted by molar-refractivity contribution is 7.91. The summed E-state index contributed by atoms with van der Waals surface area (Å²) < 4.78 is 23.0. The zero-order valence-electron chi connectivity index (χ0n) is 10.3. The van der Waals surface area contributed by atoms with Gasteiger partial charge in [-0.05, 0) is 24.2 Å². The van der Waals surface area contributed by atoms with Crippen molar-refractivity contribution < 1.29 is 8.42 Å². The Labute approximate surface area is 110 Å². The third-order valence-corrected chi connectivity index (χ3v) is 5.63. The summed E-state index contributed by atoms with van der Waals surface area (Å²) in [5.41, 5.74) is -0.237. The lowest BCUT2D eigenvalue weighted by Gasteiger charge is -2.31. The fourth-order valence-electron chi connectivity index (χ4n) is 1.76. The maximum atomic E-state index is 11.5. The van der Waals surface area contributed by atoms with Gasteiger partial charge in [0, 0.05) is 17.5 Å². The second kappa shape index (κ2) is 7.07. The van der Waals surface area contributed by atoms with Gasteiger partial charge in [0.1, 0.15) is 9.84 Å². The zero-order valence-corrected chi connectivity index (χ0v) is 12.6. The molecule has 0 fully saturated rings. The number of sulfone groups is 1. The van der Waals surface area contributed by atoms with E-state index in [-0.39, 0.29) is 16.9 Å². The second-order valence-corrected chi connectivity index (χ2v) is 7.86. The molecule has 0 spiro atoms. The van der Waals surface area contributed by atoms with Crippen LogP contribution in [0.2, 0.25) is 0 Å². The molecule has 5 heteroatoms. The van der Waals surface area contributed by atoms with Gasteiger partial charge in [-0.1, -0.05) is 20.8 Å². The summed E-state index contributed by atoms with van der Waals surface area (Å²) in [5.74, 6) is 1.70. The molecule has 2 nitrogen and oxygen atoms in total. The van der Waals surface area contributed by atoms with Gasteiger partial charge in [-0.25, -0.2) is 8.42 Å². The van der Waals surface area contributed by atoms with Crippen molar-refractivity contribution in [1.82, 2.24) is 0 Å². The summed E-state index contributed by atoms with van der Waals surface area (Å²) in [7, 11) is -2.93. The summed E-state index contributed by atoms with van der Waals surface area (Å²) >= 11 is 11.9. The Bertz CT molecular complexity index is 282. The standard InChI is InChI=1S/C11H22Cl2O2S/c1-4-16(14,15)6-5-11(8-12,9-13)7-10(2)3/h10H,4-9H2,1-3H3. The molecule has 0 unspecified atom stereocenters. The highest BCUT2D eigenvalue weighted by Crippen LogP contribution is 2.33. The lowest BCUT2D eigenvalue weighted by Crippen LogP contribution is -2.30. The van der Waals surface area contributed by atoms with Gasteiger partial charge in [-0.2, -0.15) is 0 Å². The molecule has 0 saturated carbocycles. The molecule has 0 N–H and O–H groups in total. The van der Waals surface area contributed by atoms with Gasteiger partial charge in [-0.3, -0.25) is 0 Å². The fraction of sp³-hybridized carbons (Fsp3) is 1.00. The molecule has 0 heterocycles.